The van der Waals surface area contributed by atoms with Gasteiger partial charge in [0.2, 0.25) is 15.2 Å². The molecule has 29 heavy (non-hydrogen) atoms. The first-order valence-corrected chi connectivity index (χ1v) is 11.6. The van der Waals surface area contributed by atoms with E-state index < -0.39 is 15.9 Å². The molecule has 11 heteroatoms. The fourth-order valence-corrected chi connectivity index (χ4v) is 4.64. The zero-order chi connectivity index (χ0) is 21.0. The van der Waals surface area contributed by atoms with E-state index in [1.54, 1.807) is 12.1 Å². The first kappa shape index (κ1) is 21.5. The predicted octanol–water partition coefficient (Wildman–Crippen LogP) is 4.05. The molecule has 0 aliphatic rings. The third kappa shape index (κ3) is 5.24. The number of aromatic nitrogens is 2. The lowest BCUT2D eigenvalue weighted by molar-refractivity contribution is 0.102. The van der Waals surface area contributed by atoms with E-state index in [4.69, 9.17) is 0 Å². The second-order valence-corrected chi connectivity index (χ2v) is 9.51. The quantitative estimate of drug-likeness (QED) is 0.511. The van der Waals surface area contributed by atoms with Crippen LogP contribution in [0.5, 0.6) is 0 Å². The summed E-state index contributed by atoms with van der Waals surface area (Å²) >= 11 is 4.39. The largest absolute Gasteiger partial charge is 0.296 e. The number of hydrogen-bond donors (Lipinski definition) is 2. The number of amides is 1. The lowest BCUT2D eigenvalue weighted by Crippen LogP contribution is -2.25. The van der Waals surface area contributed by atoms with E-state index in [1.165, 1.54) is 30.3 Å². The van der Waals surface area contributed by atoms with E-state index in [1.807, 2.05) is 6.92 Å². The van der Waals surface area contributed by atoms with Crippen molar-refractivity contribution < 1.29 is 17.6 Å². The summed E-state index contributed by atoms with van der Waals surface area (Å²) in [4.78, 5) is 12.6. The minimum absolute atomic E-state index is 0.0106. The fraction of sp³-hybridized carbons (Fsp3) is 0.167. The molecule has 0 atom stereocenters. The van der Waals surface area contributed by atoms with Gasteiger partial charge in [0.1, 0.15) is 10.8 Å². The molecule has 1 aromatic heterocycles. The molecule has 1 amide bonds. The highest BCUT2D eigenvalue weighted by molar-refractivity contribution is 9.10. The normalized spacial score (nSPS) is 11.4. The highest BCUT2D eigenvalue weighted by Gasteiger charge is 2.19. The van der Waals surface area contributed by atoms with Crippen molar-refractivity contribution in [2.45, 2.75) is 18.2 Å². The van der Waals surface area contributed by atoms with Gasteiger partial charge in [0.15, 0.2) is 0 Å². The van der Waals surface area contributed by atoms with Crippen LogP contribution < -0.4 is 10.0 Å². The molecule has 0 spiro atoms. The maximum Gasteiger partial charge on any atom is 0.258 e. The van der Waals surface area contributed by atoms with Crippen LogP contribution in [-0.4, -0.2) is 31.1 Å². The number of hydrogen-bond acceptors (Lipinski definition) is 6. The summed E-state index contributed by atoms with van der Waals surface area (Å²) in [7, 11) is -3.71. The van der Waals surface area contributed by atoms with E-state index in [0.29, 0.717) is 28.0 Å². The molecule has 0 saturated carbocycles. The monoisotopic (exact) mass is 498 g/mol. The Morgan fingerprint density at radius 2 is 1.90 bits per heavy atom. The molecule has 0 saturated heterocycles. The molecule has 0 aliphatic carbocycles. The van der Waals surface area contributed by atoms with Crippen molar-refractivity contribution in [1.29, 1.82) is 0 Å². The molecule has 3 aromatic rings. The van der Waals surface area contributed by atoms with Gasteiger partial charge >= 0.3 is 0 Å². The Labute approximate surface area is 179 Å². The van der Waals surface area contributed by atoms with Crippen molar-refractivity contribution >= 4 is 48.3 Å². The van der Waals surface area contributed by atoms with Crippen molar-refractivity contribution in [3.63, 3.8) is 0 Å². The van der Waals surface area contributed by atoms with Gasteiger partial charge < -0.3 is 0 Å². The Kier molecular flexibility index (Phi) is 6.73. The molecule has 0 bridgehead atoms. The summed E-state index contributed by atoms with van der Waals surface area (Å²) in [6.45, 7) is 2.15. The van der Waals surface area contributed by atoms with Crippen molar-refractivity contribution in [2.24, 2.45) is 0 Å². The highest BCUT2D eigenvalue weighted by atomic mass is 79.9. The van der Waals surface area contributed by atoms with Gasteiger partial charge in [-0.25, -0.2) is 17.5 Å². The molecule has 2 aromatic carbocycles. The van der Waals surface area contributed by atoms with Crippen LogP contribution in [0.25, 0.3) is 10.6 Å². The maximum absolute atomic E-state index is 13.0. The summed E-state index contributed by atoms with van der Waals surface area (Å²) in [6.07, 6.45) is 0.649. The molecule has 0 aliphatic heterocycles. The predicted molar refractivity (Wildman–Crippen MR) is 113 cm³/mol. The van der Waals surface area contributed by atoms with Crippen molar-refractivity contribution in [3.8, 4) is 10.6 Å². The third-order valence-electron chi connectivity index (χ3n) is 3.77. The van der Waals surface area contributed by atoms with E-state index in [0.717, 1.165) is 11.3 Å². The molecule has 152 valence electrons. The Hall–Kier alpha value is -2.21. The number of carbonyl (C=O) groups is 1. The summed E-state index contributed by atoms with van der Waals surface area (Å²) in [5, 5.41) is 11.3. The molecule has 0 unspecified atom stereocenters. The Bertz CT molecular complexity index is 1130. The number of nitrogens with one attached hydrogen (secondary N) is 2. The number of nitrogens with zero attached hydrogens (tertiary/aromatic N) is 2. The van der Waals surface area contributed by atoms with Gasteiger partial charge in [-0.15, -0.1) is 10.2 Å². The maximum atomic E-state index is 13.0. The molecular formula is C18H16BrFN4O3S2. The minimum atomic E-state index is -3.71. The summed E-state index contributed by atoms with van der Waals surface area (Å²) in [5.41, 5.74) is 0.809. The number of carbonyl (C=O) groups excluding carboxylic acids is 1. The molecule has 3 rings (SSSR count). The van der Waals surface area contributed by atoms with Crippen LogP contribution >= 0.6 is 27.3 Å². The molecule has 2 N–H and O–H groups in total. The molecule has 0 radical (unpaired) electrons. The molecular weight excluding hydrogens is 483 g/mol. The third-order valence-corrected chi connectivity index (χ3v) is 6.81. The zero-order valence-electron chi connectivity index (χ0n) is 15.1. The van der Waals surface area contributed by atoms with Crippen LogP contribution in [0, 0.1) is 5.82 Å². The Morgan fingerprint density at radius 1 is 1.17 bits per heavy atom. The number of rotatable bonds is 7. The van der Waals surface area contributed by atoms with Gasteiger partial charge in [-0.1, -0.05) is 18.3 Å². The van der Waals surface area contributed by atoms with Crippen molar-refractivity contribution in [3.05, 3.63) is 58.3 Å². The Morgan fingerprint density at radius 3 is 2.59 bits per heavy atom. The Balaban J connectivity index is 1.81. The fourth-order valence-electron chi connectivity index (χ4n) is 2.31. The van der Waals surface area contributed by atoms with Gasteiger partial charge in [-0.3, -0.25) is 10.1 Å². The first-order chi connectivity index (χ1) is 13.8. The lowest BCUT2D eigenvalue weighted by Gasteiger charge is -2.09. The van der Waals surface area contributed by atoms with Crippen LogP contribution in [0.15, 0.2) is 51.8 Å². The number of benzene rings is 2. The van der Waals surface area contributed by atoms with Gasteiger partial charge in [-0.05, 0) is 64.8 Å². The first-order valence-electron chi connectivity index (χ1n) is 8.50. The highest BCUT2D eigenvalue weighted by Crippen LogP contribution is 2.28. The van der Waals surface area contributed by atoms with Gasteiger partial charge in [0, 0.05) is 16.6 Å². The topological polar surface area (TPSA) is 101 Å². The van der Waals surface area contributed by atoms with Crippen molar-refractivity contribution in [2.75, 3.05) is 11.9 Å². The number of sulfonamides is 1. The second-order valence-electron chi connectivity index (χ2n) is 5.91. The number of anilines is 1. The van der Waals surface area contributed by atoms with Gasteiger partial charge in [-0.2, -0.15) is 0 Å². The zero-order valence-corrected chi connectivity index (χ0v) is 18.4. The molecule has 1 heterocycles. The van der Waals surface area contributed by atoms with E-state index >= 15 is 0 Å². The molecule has 7 nitrogen and oxygen atoms in total. The summed E-state index contributed by atoms with van der Waals surface area (Å²) < 4.78 is 40.6. The van der Waals surface area contributed by atoms with Crippen LogP contribution in [0.4, 0.5) is 9.52 Å². The number of halogens is 2. The molecule has 0 fully saturated rings. The van der Waals surface area contributed by atoms with E-state index in [9.17, 15) is 17.6 Å². The standard InChI is InChI=1S/C18H16BrFN4O3S2/c1-2-9-21-29(26,27)13-7-8-15(19)14(10-13)16(25)22-18-24-23-17(28-18)11-3-5-12(20)6-4-11/h3-8,10,21H,2,9H2,1H3,(H,22,24,25). The summed E-state index contributed by atoms with van der Waals surface area (Å²) in [5.74, 6) is -0.897. The smallest absolute Gasteiger partial charge is 0.258 e. The van der Waals surface area contributed by atoms with Gasteiger partial charge in [0.05, 0.1) is 10.5 Å². The van der Waals surface area contributed by atoms with Crippen LogP contribution in [-0.2, 0) is 10.0 Å². The average Bonchev–Trinajstić information content (AvgIpc) is 3.15. The minimum Gasteiger partial charge on any atom is -0.296 e. The van der Waals surface area contributed by atoms with E-state index in [-0.39, 0.29) is 21.4 Å². The van der Waals surface area contributed by atoms with Gasteiger partial charge in [0.25, 0.3) is 5.91 Å². The lowest BCUT2D eigenvalue weighted by atomic mass is 10.2. The van der Waals surface area contributed by atoms with Crippen LogP contribution in [0.1, 0.15) is 23.7 Å². The summed E-state index contributed by atoms with van der Waals surface area (Å²) in [6, 6.07) is 9.95. The SMILES string of the molecule is CCCNS(=O)(=O)c1ccc(Br)c(C(=O)Nc2nnc(-c3ccc(F)cc3)s2)c1. The average molecular weight is 499 g/mol. The van der Waals surface area contributed by atoms with Crippen LogP contribution in [0.2, 0.25) is 0 Å². The van der Waals surface area contributed by atoms with E-state index in [2.05, 4.69) is 36.2 Å². The second kappa shape index (κ2) is 9.08. The van der Waals surface area contributed by atoms with Crippen molar-refractivity contribution in [1.82, 2.24) is 14.9 Å². The van der Waals surface area contributed by atoms with Crippen LogP contribution in [0.3, 0.4) is 0 Å².